The van der Waals surface area contributed by atoms with E-state index in [1.165, 1.54) is 19.2 Å². The van der Waals surface area contributed by atoms with E-state index in [0.717, 1.165) is 0 Å². The Morgan fingerprint density at radius 3 is 2.43 bits per heavy atom. The Morgan fingerprint density at radius 2 is 1.83 bits per heavy atom. The topological polar surface area (TPSA) is 95.5 Å². The van der Waals surface area contributed by atoms with Gasteiger partial charge < -0.3 is 15.7 Å². The Morgan fingerprint density at radius 1 is 1.17 bits per heavy atom. The van der Waals surface area contributed by atoms with Gasteiger partial charge in [0.1, 0.15) is 0 Å². The largest absolute Gasteiger partial charge is 0.481 e. The Bertz CT molecular complexity index is 672. The van der Waals surface area contributed by atoms with Crippen molar-refractivity contribution < 1.29 is 19.5 Å². The van der Waals surface area contributed by atoms with Gasteiger partial charge in [-0.05, 0) is 31.0 Å². The van der Waals surface area contributed by atoms with Crippen LogP contribution in [0.4, 0.5) is 5.69 Å². The van der Waals surface area contributed by atoms with Crippen LogP contribution in [0.1, 0.15) is 23.2 Å². The lowest BCUT2D eigenvalue weighted by molar-refractivity contribution is -0.146. The van der Waals surface area contributed by atoms with E-state index in [1.807, 2.05) is 0 Å². The highest BCUT2D eigenvalue weighted by Crippen LogP contribution is 2.28. The van der Waals surface area contributed by atoms with Crippen LogP contribution in [0.5, 0.6) is 0 Å². The van der Waals surface area contributed by atoms with E-state index in [2.05, 4.69) is 10.6 Å². The van der Waals surface area contributed by atoms with Gasteiger partial charge in [0.15, 0.2) is 0 Å². The van der Waals surface area contributed by atoms with E-state index in [9.17, 15) is 19.5 Å². The number of carboxylic acid groups (broad SMARTS) is 1. The summed E-state index contributed by atoms with van der Waals surface area (Å²) in [5, 5.41) is 14.7. The van der Waals surface area contributed by atoms with Crippen LogP contribution in [0.25, 0.3) is 0 Å². The van der Waals surface area contributed by atoms with Crippen LogP contribution in [0, 0.1) is 11.8 Å². The van der Waals surface area contributed by atoms with Crippen LogP contribution in [-0.4, -0.2) is 29.9 Å². The number of anilines is 1. The monoisotopic (exact) mass is 336 g/mol. The fourth-order valence-electron chi connectivity index (χ4n) is 2.55. The van der Waals surface area contributed by atoms with Crippen molar-refractivity contribution in [1.29, 1.82) is 0 Å². The van der Waals surface area contributed by atoms with Crippen LogP contribution in [0.3, 0.4) is 0 Å². The second kappa shape index (κ2) is 7.28. The van der Waals surface area contributed by atoms with Gasteiger partial charge in [-0.3, -0.25) is 14.4 Å². The molecule has 0 radical (unpaired) electrons. The molecule has 0 spiro atoms. The molecule has 6 nitrogen and oxygen atoms in total. The molecule has 1 aliphatic rings. The van der Waals surface area contributed by atoms with E-state index < -0.39 is 23.7 Å². The molecule has 1 aromatic rings. The fraction of sp³-hybridized carbons (Fsp3) is 0.312. The summed E-state index contributed by atoms with van der Waals surface area (Å²) in [7, 11) is 1.48. The minimum Gasteiger partial charge on any atom is -0.481 e. The van der Waals surface area contributed by atoms with Crippen molar-refractivity contribution in [2.24, 2.45) is 11.8 Å². The van der Waals surface area contributed by atoms with Gasteiger partial charge in [0, 0.05) is 12.1 Å². The van der Waals surface area contributed by atoms with Crippen molar-refractivity contribution in [2.75, 3.05) is 12.4 Å². The maximum Gasteiger partial charge on any atom is 0.307 e. The number of rotatable bonds is 4. The molecule has 0 saturated heterocycles. The number of carboxylic acids is 1. The molecule has 1 aliphatic carbocycles. The van der Waals surface area contributed by atoms with Gasteiger partial charge in [-0.2, -0.15) is 0 Å². The minimum atomic E-state index is -1.01. The summed E-state index contributed by atoms with van der Waals surface area (Å²) in [5.41, 5.74) is 0.531. The third kappa shape index (κ3) is 3.90. The van der Waals surface area contributed by atoms with Gasteiger partial charge in [0.25, 0.3) is 5.91 Å². The summed E-state index contributed by atoms with van der Waals surface area (Å²) >= 11 is 5.92. The van der Waals surface area contributed by atoms with E-state index in [4.69, 9.17) is 11.6 Å². The smallest absolute Gasteiger partial charge is 0.307 e. The van der Waals surface area contributed by atoms with Gasteiger partial charge in [0.2, 0.25) is 5.91 Å². The maximum absolute atomic E-state index is 12.5. The summed E-state index contributed by atoms with van der Waals surface area (Å²) < 4.78 is 0. The predicted molar refractivity (Wildman–Crippen MR) is 86.5 cm³/mol. The molecule has 0 aliphatic heterocycles. The number of benzene rings is 1. The Balaban J connectivity index is 2.26. The summed E-state index contributed by atoms with van der Waals surface area (Å²) in [5.74, 6) is -3.27. The zero-order chi connectivity index (χ0) is 17.0. The van der Waals surface area contributed by atoms with Crippen molar-refractivity contribution in [3.8, 4) is 0 Å². The molecule has 0 heterocycles. The number of carbonyl (C=O) groups is 3. The van der Waals surface area contributed by atoms with Gasteiger partial charge >= 0.3 is 5.97 Å². The van der Waals surface area contributed by atoms with Crippen LogP contribution >= 0.6 is 11.6 Å². The van der Waals surface area contributed by atoms with E-state index >= 15 is 0 Å². The number of amides is 2. The van der Waals surface area contributed by atoms with E-state index in [0.29, 0.717) is 17.9 Å². The number of hydrogen-bond donors (Lipinski definition) is 3. The highest BCUT2D eigenvalue weighted by molar-refractivity contribution is 6.31. The standard InChI is InChI=1S/C16H17ClN2O4/c1-18-14(20)12-7-6-9(17)8-13(12)19-15(21)10-4-2-3-5-11(10)16(22)23/h2-3,6-8,10-11H,4-5H2,1H3,(H,18,20)(H,19,21)(H,22,23)/t10-,11-/m1/s1. The molecule has 2 atom stereocenters. The second-order valence-electron chi connectivity index (χ2n) is 5.25. The number of nitrogens with one attached hydrogen (secondary N) is 2. The van der Waals surface area contributed by atoms with E-state index in [1.54, 1.807) is 18.2 Å². The molecule has 122 valence electrons. The fourth-order valence-corrected chi connectivity index (χ4v) is 2.73. The summed E-state index contributed by atoms with van der Waals surface area (Å²) in [6.07, 6.45) is 4.21. The second-order valence-corrected chi connectivity index (χ2v) is 5.69. The number of aliphatic carboxylic acids is 1. The van der Waals surface area contributed by atoms with Gasteiger partial charge in [0.05, 0.1) is 23.1 Å². The molecule has 0 bridgehead atoms. The average Bonchev–Trinajstić information content (AvgIpc) is 2.54. The molecule has 0 fully saturated rings. The molecule has 0 aromatic heterocycles. The summed E-state index contributed by atoms with van der Waals surface area (Å²) in [4.78, 5) is 35.6. The van der Waals surface area contributed by atoms with E-state index in [-0.39, 0.29) is 17.2 Å². The summed E-state index contributed by atoms with van der Waals surface area (Å²) in [6.45, 7) is 0. The van der Waals surface area contributed by atoms with Crippen molar-refractivity contribution in [2.45, 2.75) is 12.8 Å². The van der Waals surface area contributed by atoms with Crippen molar-refractivity contribution in [3.05, 3.63) is 40.9 Å². The highest BCUT2D eigenvalue weighted by atomic mass is 35.5. The number of halogens is 1. The molecule has 2 amide bonds. The van der Waals surface area contributed by atoms with Gasteiger partial charge in [-0.15, -0.1) is 0 Å². The number of allylic oxidation sites excluding steroid dienone is 2. The minimum absolute atomic E-state index is 0.264. The first-order chi connectivity index (χ1) is 10.9. The van der Waals surface area contributed by atoms with Gasteiger partial charge in [-0.25, -0.2) is 0 Å². The molecular formula is C16H17ClN2O4. The van der Waals surface area contributed by atoms with Crippen LogP contribution in [-0.2, 0) is 9.59 Å². The zero-order valence-electron chi connectivity index (χ0n) is 12.5. The quantitative estimate of drug-likeness (QED) is 0.735. The molecule has 3 N–H and O–H groups in total. The third-order valence-electron chi connectivity index (χ3n) is 3.80. The zero-order valence-corrected chi connectivity index (χ0v) is 13.3. The molecule has 0 unspecified atom stereocenters. The third-order valence-corrected chi connectivity index (χ3v) is 4.03. The normalized spacial score (nSPS) is 19.9. The lowest BCUT2D eigenvalue weighted by Crippen LogP contribution is -2.35. The van der Waals surface area contributed by atoms with Crippen LogP contribution in [0.15, 0.2) is 30.4 Å². The highest BCUT2D eigenvalue weighted by Gasteiger charge is 2.34. The number of carbonyl (C=O) groups excluding carboxylic acids is 2. The van der Waals surface area contributed by atoms with Crippen molar-refractivity contribution >= 4 is 35.1 Å². The van der Waals surface area contributed by atoms with Gasteiger partial charge in [-0.1, -0.05) is 23.8 Å². The molecule has 23 heavy (non-hydrogen) atoms. The van der Waals surface area contributed by atoms with Crippen LogP contribution in [0.2, 0.25) is 5.02 Å². The first-order valence-electron chi connectivity index (χ1n) is 7.14. The molecule has 2 rings (SSSR count). The molecule has 1 aromatic carbocycles. The Labute approximate surface area is 138 Å². The predicted octanol–water partition coefficient (Wildman–Crippen LogP) is 2.31. The number of hydrogen-bond acceptors (Lipinski definition) is 3. The van der Waals surface area contributed by atoms with Crippen molar-refractivity contribution in [3.63, 3.8) is 0 Å². The first kappa shape index (κ1) is 17.0. The molecular weight excluding hydrogens is 320 g/mol. The summed E-state index contributed by atoms with van der Waals surface area (Å²) in [6, 6.07) is 4.52. The lowest BCUT2D eigenvalue weighted by Gasteiger charge is -2.24. The first-order valence-corrected chi connectivity index (χ1v) is 7.52. The SMILES string of the molecule is CNC(=O)c1ccc(Cl)cc1NC(=O)[C@@H]1CC=CC[C@H]1C(=O)O. The lowest BCUT2D eigenvalue weighted by atomic mass is 9.82. The van der Waals surface area contributed by atoms with Crippen LogP contribution < -0.4 is 10.6 Å². The average molecular weight is 337 g/mol. The molecule has 7 heteroatoms. The maximum atomic E-state index is 12.5. The molecule has 0 saturated carbocycles. The van der Waals surface area contributed by atoms with Crippen molar-refractivity contribution in [1.82, 2.24) is 5.32 Å². The Hall–Kier alpha value is -2.34. The Kier molecular flexibility index (Phi) is 5.39.